The number of hydrogen-bond acceptors (Lipinski definition) is 3. The van der Waals surface area contributed by atoms with Crippen molar-refractivity contribution in [2.24, 2.45) is 0 Å². The van der Waals surface area contributed by atoms with E-state index in [2.05, 4.69) is 5.32 Å². The summed E-state index contributed by atoms with van der Waals surface area (Å²) in [6, 6.07) is 7.37. The number of nitrogens with one attached hydrogen (secondary N) is 1. The average Bonchev–Trinajstić information content (AvgIpc) is 2.95. The lowest BCUT2D eigenvalue weighted by Gasteiger charge is -2.21. The highest BCUT2D eigenvalue weighted by atomic mass is 16.5. The van der Waals surface area contributed by atoms with E-state index in [1.807, 2.05) is 30.3 Å². The fourth-order valence-electron chi connectivity index (χ4n) is 2.62. The Morgan fingerprint density at radius 2 is 2.10 bits per heavy atom. The number of nitrogens with zero attached hydrogens (tertiary/aromatic N) is 1. The Balaban J connectivity index is 1.80. The molecule has 0 aromatic heterocycles. The molecule has 3 rings (SSSR count). The van der Waals surface area contributed by atoms with Crippen molar-refractivity contribution in [3.63, 3.8) is 0 Å². The van der Waals surface area contributed by atoms with Crippen LogP contribution in [0.15, 0.2) is 36.1 Å². The fourth-order valence-corrected chi connectivity index (χ4v) is 2.62. The minimum atomic E-state index is -0.256. The molecule has 0 bridgehead atoms. The van der Waals surface area contributed by atoms with Gasteiger partial charge in [0.15, 0.2) is 5.76 Å². The van der Waals surface area contributed by atoms with Crippen LogP contribution in [-0.4, -0.2) is 25.0 Å². The van der Waals surface area contributed by atoms with Crippen LogP contribution in [0.5, 0.6) is 0 Å². The average molecular weight is 286 g/mol. The number of carbonyl (C=O) groups is 2. The number of carbonyl (C=O) groups excluding carboxylic acids is 2. The van der Waals surface area contributed by atoms with Gasteiger partial charge in [-0.3, -0.25) is 9.59 Å². The number of benzene rings is 1. The Hall–Kier alpha value is -2.30. The summed E-state index contributed by atoms with van der Waals surface area (Å²) in [5.41, 5.74) is 1.40. The van der Waals surface area contributed by atoms with E-state index >= 15 is 0 Å². The molecule has 2 heterocycles. The molecule has 1 N–H and O–H groups in total. The topological polar surface area (TPSA) is 58.6 Å². The normalized spacial score (nSPS) is 18.2. The fraction of sp³-hybridized carbons (Fsp3) is 0.375. The molecular weight excluding hydrogens is 268 g/mol. The maximum atomic E-state index is 12.2. The zero-order valence-corrected chi connectivity index (χ0v) is 11.8. The van der Waals surface area contributed by atoms with Gasteiger partial charge in [0.2, 0.25) is 5.91 Å². The highest BCUT2D eigenvalue weighted by Gasteiger charge is 2.24. The lowest BCUT2D eigenvalue weighted by Crippen LogP contribution is -2.26. The lowest BCUT2D eigenvalue weighted by molar-refractivity contribution is -0.117. The molecule has 0 spiro atoms. The van der Waals surface area contributed by atoms with Crippen LogP contribution >= 0.6 is 0 Å². The molecule has 1 fully saturated rings. The monoisotopic (exact) mass is 286 g/mol. The SMILES string of the molecule is O=C(Nc1ccccc1N1CCCC1=O)C1=CCCCO1. The van der Waals surface area contributed by atoms with Gasteiger partial charge in [-0.2, -0.15) is 0 Å². The van der Waals surface area contributed by atoms with E-state index in [4.69, 9.17) is 4.74 Å². The van der Waals surface area contributed by atoms with Crippen LogP contribution in [0.2, 0.25) is 0 Å². The predicted octanol–water partition coefficient (Wildman–Crippen LogP) is 2.45. The molecule has 110 valence electrons. The molecule has 0 atom stereocenters. The molecule has 1 saturated heterocycles. The minimum absolute atomic E-state index is 0.102. The van der Waals surface area contributed by atoms with Gasteiger partial charge in [-0.1, -0.05) is 12.1 Å². The Labute approximate surface area is 123 Å². The molecule has 0 unspecified atom stereocenters. The van der Waals surface area contributed by atoms with E-state index in [0.717, 1.165) is 24.9 Å². The van der Waals surface area contributed by atoms with Crippen LogP contribution in [0.25, 0.3) is 0 Å². The molecule has 5 heteroatoms. The van der Waals surface area contributed by atoms with E-state index in [1.165, 1.54) is 0 Å². The van der Waals surface area contributed by atoms with Crippen molar-refractivity contribution < 1.29 is 14.3 Å². The van der Waals surface area contributed by atoms with Crippen molar-refractivity contribution >= 4 is 23.2 Å². The number of rotatable bonds is 3. The number of para-hydroxylation sites is 2. The summed E-state index contributed by atoms with van der Waals surface area (Å²) in [5.74, 6) is 0.211. The third-order valence-corrected chi connectivity index (χ3v) is 3.68. The summed E-state index contributed by atoms with van der Waals surface area (Å²) in [7, 11) is 0. The quantitative estimate of drug-likeness (QED) is 0.928. The highest BCUT2D eigenvalue weighted by Crippen LogP contribution is 2.29. The van der Waals surface area contributed by atoms with Gasteiger partial charge in [-0.25, -0.2) is 0 Å². The van der Waals surface area contributed by atoms with Gasteiger partial charge >= 0.3 is 0 Å². The van der Waals surface area contributed by atoms with Crippen molar-refractivity contribution in [1.82, 2.24) is 0 Å². The first-order valence-corrected chi connectivity index (χ1v) is 7.29. The van der Waals surface area contributed by atoms with Crippen LogP contribution < -0.4 is 10.2 Å². The zero-order chi connectivity index (χ0) is 14.7. The van der Waals surface area contributed by atoms with Crippen molar-refractivity contribution in [2.45, 2.75) is 25.7 Å². The first-order chi connectivity index (χ1) is 10.3. The Kier molecular flexibility index (Phi) is 3.90. The second-order valence-corrected chi connectivity index (χ2v) is 5.18. The highest BCUT2D eigenvalue weighted by molar-refractivity contribution is 6.06. The van der Waals surface area contributed by atoms with Crippen molar-refractivity contribution in [3.05, 3.63) is 36.1 Å². The second kappa shape index (κ2) is 5.99. The maximum Gasteiger partial charge on any atom is 0.290 e. The number of ether oxygens (including phenoxy) is 1. The summed E-state index contributed by atoms with van der Waals surface area (Å²) < 4.78 is 5.37. The van der Waals surface area contributed by atoms with Crippen LogP contribution in [0.4, 0.5) is 11.4 Å². The number of hydrogen-bond donors (Lipinski definition) is 1. The van der Waals surface area contributed by atoms with Gasteiger partial charge in [-0.15, -0.1) is 0 Å². The van der Waals surface area contributed by atoms with Crippen LogP contribution in [0.1, 0.15) is 25.7 Å². The third kappa shape index (κ3) is 2.91. The Bertz CT molecular complexity index is 595. The van der Waals surface area contributed by atoms with Crippen molar-refractivity contribution in [3.8, 4) is 0 Å². The Morgan fingerprint density at radius 3 is 2.81 bits per heavy atom. The molecule has 1 aromatic carbocycles. The minimum Gasteiger partial charge on any atom is -0.488 e. The molecule has 2 aliphatic rings. The van der Waals surface area contributed by atoms with Gasteiger partial charge in [0.05, 0.1) is 18.0 Å². The van der Waals surface area contributed by atoms with Crippen LogP contribution in [0, 0.1) is 0 Å². The molecule has 2 amide bonds. The molecule has 0 radical (unpaired) electrons. The molecule has 0 aliphatic carbocycles. The van der Waals surface area contributed by atoms with Gasteiger partial charge in [0.25, 0.3) is 5.91 Å². The van der Waals surface area contributed by atoms with E-state index in [-0.39, 0.29) is 11.8 Å². The smallest absolute Gasteiger partial charge is 0.290 e. The van der Waals surface area contributed by atoms with Crippen molar-refractivity contribution in [1.29, 1.82) is 0 Å². The van der Waals surface area contributed by atoms with Gasteiger partial charge in [0, 0.05) is 13.0 Å². The number of allylic oxidation sites excluding steroid dienone is 1. The van der Waals surface area contributed by atoms with E-state index < -0.39 is 0 Å². The Morgan fingerprint density at radius 1 is 1.24 bits per heavy atom. The summed E-state index contributed by atoms with van der Waals surface area (Å²) >= 11 is 0. The zero-order valence-electron chi connectivity index (χ0n) is 11.8. The summed E-state index contributed by atoms with van der Waals surface area (Å²) in [4.78, 5) is 25.8. The summed E-state index contributed by atoms with van der Waals surface area (Å²) in [5, 5.41) is 2.85. The first kappa shape index (κ1) is 13.7. The number of anilines is 2. The predicted molar refractivity (Wildman–Crippen MR) is 79.9 cm³/mol. The maximum absolute atomic E-state index is 12.2. The molecular formula is C16H18N2O3. The van der Waals surface area contributed by atoms with E-state index in [1.54, 1.807) is 4.90 Å². The first-order valence-electron chi connectivity index (χ1n) is 7.29. The lowest BCUT2D eigenvalue weighted by atomic mass is 10.2. The second-order valence-electron chi connectivity index (χ2n) is 5.18. The largest absolute Gasteiger partial charge is 0.488 e. The van der Waals surface area contributed by atoms with E-state index in [0.29, 0.717) is 31.0 Å². The summed E-state index contributed by atoms with van der Waals surface area (Å²) in [6.07, 6.45) is 5.03. The molecule has 1 aromatic rings. The van der Waals surface area contributed by atoms with Gasteiger partial charge in [-0.05, 0) is 37.5 Å². The van der Waals surface area contributed by atoms with Crippen LogP contribution in [-0.2, 0) is 14.3 Å². The van der Waals surface area contributed by atoms with Gasteiger partial charge in [0.1, 0.15) is 0 Å². The van der Waals surface area contributed by atoms with Crippen molar-refractivity contribution in [2.75, 3.05) is 23.4 Å². The molecule has 0 saturated carbocycles. The number of amides is 2. The standard InChI is InChI=1S/C16H18N2O3/c19-15-9-5-10-18(15)13-7-2-1-6-12(13)17-16(20)14-8-3-4-11-21-14/h1-2,6-8H,3-5,9-11H2,(H,17,20). The summed E-state index contributed by atoms with van der Waals surface area (Å²) in [6.45, 7) is 1.27. The third-order valence-electron chi connectivity index (χ3n) is 3.68. The van der Waals surface area contributed by atoms with E-state index in [9.17, 15) is 9.59 Å². The molecule has 5 nitrogen and oxygen atoms in total. The molecule has 21 heavy (non-hydrogen) atoms. The molecule has 2 aliphatic heterocycles. The van der Waals surface area contributed by atoms with Gasteiger partial charge < -0.3 is 15.0 Å². The van der Waals surface area contributed by atoms with Crippen LogP contribution in [0.3, 0.4) is 0 Å².